The lowest BCUT2D eigenvalue weighted by Crippen LogP contribution is -2.46. The molecule has 0 bridgehead atoms. The number of rotatable bonds is 8. The Balaban J connectivity index is 1.06. The summed E-state index contributed by atoms with van der Waals surface area (Å²) in [6, 6.07) is 16.7. The topological polar surface area (TPSA) is 66.9 Å². The van der Waals surface area contributed by atoms with Gasteiger partial charge in [-0.05, 0) is 61.0 Å². The van der Waals surface area contributed by atoms with Gasteiger partial charge in [0.2, 0.25) is 11.8 Å². The molecule has 1 N–H and O–H groups in total. The fourth-order valence-corrected chi connectivity index (χ4v) is 4.77. The molecule has 2 aliphatic heterocycles. The van der Waals surface area contributed by atoms with Crippen LogP contribution >= 0.6 is 0 Å². The number of hydrogen-bond donors (Lipinski definition) is 1. The van der Waals surface area contributed by atoms with Crippen molar-refractivity contribution in [3.63, 3.8) is 0 Å². The Morgan fingerprint density at radius 2 is 1.88 bits per heavy atom. The summed E-state index contributed by atoms with van der Waals surface area (Å²) in [6.07, 6.45) is 3.35. The molecule has 178 valence electrons. The molecule has 0 radical (unpaired) electrons. The Bertz CT molecular complexity index is 1160. The zero-order chi connectivity index (χ0) is 23.3. The third-order valence-electron chi connectivity index (χ3n) is 6.73. The molecule has 0 atom stereocenters. The summed E-state index contributed by atoms with van der Waals surface area (Å²) in [5, 5.41) is 5.33. The molecule has 3 aromatic rings. The van der Waals surface area contributed by atoms with Crippen molar-refractivity contribution in [3.8, 4) is 11.6 Å². The number of carbonyl (C=O) groups is 1. The third-order valence-corrected chi connectivity index (χ3v) is 6.73. The van der Waals surface area contributed by atoms with Crippen LogP contribution in [0.5, 0.6) is 11.6 Å². The van der Waals surface area contributed by atoms with Gasteiger partial charge >= 0.3 is 0 Å². The molecule has 3 heterocycles. The number of aryl methyl sites for hydroxylation is 1. The van der Waals surface area contributed by atoms with Crippen molar-refractivity contribution >= 4 is 28.2 Å². The first-order chi connectivity index (χ1) is 16.7. The summed E-state index contributed by atoms with van der Waals surface area (Å²) < 4.78 is 11.3. The number of fused-ring (bicyclic) bond motifs is 2. The number of nitrogens with zero attached hydrogens (tertiary/aromatic N) is 3. The third kappa shape index (κ3) is 5.09. The molecule has 0 unspecified atom stereocenters. The van der Waals surface area contributed by atoms with Gasteiger partial charge < -0.3 is 19.7 Å². The van der Waals surface area contributed by atoms with Gasteiger partial charge in [0.25, 0.3) is 0 Å². The number of nitrogens with one attached hydrogen (secondary N) is 1. The summed E-state index contributed by atoms with van der Waals surface area (Å²) in [7, 11) is 1.72. The molecule has 0 spiro atoms. The Hall–Kier alpha value is -3.32. The van der Waals surface area contributed by atoms with E-state index in [9.17, 15) is 4.79 Å². The molecular formula is C27H32N4O3. The summed E-state index contributed by atoms with van der Waals surface area (Å²) >= 11 is 0. The predicted octanol–water partition coefficient (Wildman–Crippen LogP) is 4.11. The summed E-state index contributed by atoms with van der Waals surface area (Å²) in [6.45, 7) is 5.89. The second-order valence-corrected chi connectivity index (χ2v) is 8.95. The van der Waals surface area contributed by atoms with E-state index in [-0.39, 0.29) is 5.91 Å². The van der Waals surface area contributed by atoms with E-state index in [1.165, 1.54) is 16.5 Å². The van der Waals surface area contributed by atoms with Crippen LogP contribution in [-0.2, 0) is 11.2 Å². The van der Waals surface area contributed by atoms with Crippen LogP contribution in [0.4, 0.5) is 11.5 Å². The number of unbranched alkanes of at least 4 members (excludes halogenated alkanes) is 1. The second-order valence-electron chi connectivity index (χ2n) is 8.95. The average molecular weight is 461 g/mol. The highest BCUT2D eigenvalue weighted by atomic mass is 16.5. The SMILES string of the molecule is COc1ccc2cccc(N3CCN(CCCCOc4ccc5c(n4)NC(=O)CC5)CC3)c2c1. The standard InChI is InChI=1S/C27H32N4O3/c1-33-22-10-7-20-5-4-6-24(23(20)19-22)31-16-14-30(15-17-31)13-2-3-18-34-26-12-9-21-8-11-25(32)28-27(21)29-26/h4-7,9-10,12,19H,2-3,8,11,13-18H2,1H3,(H,28,29,32). The summed E-state index contributed by atoms with van der Waals surface area (Å²) in [5.41, 5.74) is 2.37. The number of piperazine rings is 1. The van der Waals surface area contributed by atoms with Gasteiger partial charge in [-0.25, -0.2) is 0 Å². The molecular weight excluding hydrogens is 428 g/mol. The monoisotopic (exact) mass is 460 g/mol. The minimum Gasteiger partial charge on any atom is -0.497 e. The van der Waals surface area contributed by atoms with Crippen molar-refractivity contribution in [2.24, 2.45) is 0 Å². The molecule has 0 aliphatic carbocycles. The Labute approximate surface area is 200 Å². The first-order valence-electron chi connectivity index (χ1n) is 12.2. The molecule has 2 aromatic carbocycles. The van der Waals surface area contributed by atoms with E-state index in [1.807, 2.05) is 18.2 Å². The molecule has 1 fully saturated rings. The van der Waals surface area contributed by atoms with E-state index < -0.39 is 0 Å². The number of carbonyl (C=O) groups excluding carboxylic acids is 1. The molecule has 7 heteroatoms. The minimum atomic E-state index is 0.0254. The van der Waals surface area contributed by atoms with Gasteiger partial charge in [-0.1, -0.05) is 18.2 Å². The van der Waals surface area contributed by atoms with Crippen LogP contribution in [-0.4, -0.2) is 62.2 Å². The number of methoxy groups -OCH3 is 1. The van der Waals surface area contributed by atoms with Crippen LogP contribution in [0.1, 0.15) is 24.8 Å². The maximum absolute atomic E-state index is 11.6. The quantitative estimate of drug-likeness (QED) is 0.511. The fourth-order valence-electron chi connectivity index (χ4n) is 4.77. The van der Waals surface area contributed by atoms with Gasteiger partial charge in [0.15, 0.2) is 0 Å². The number of ether oxygens (including phenoxy) is 2. The molecule has 1 aromatic heterocycles. The molecule has 7 nitrogen and oxygen atoms in total. The van der Waals surface area contributed by atoms with Gasteiger partial charge in [-0.2, -0.15) is 4.98 Å². The Morgan fingerprint density at radius 1 is 1.00 bits per heavy atom. The zero-order valence-corrected chi connectivity index (χ0v) is 19.8. The van der Waals surface area contributed by atoms with Gasteiger partial charge in [0.1, 0.15) is 11.6 Å². The number of anilines is 2. The van der Waals surface area contributed by atoms with Crippen molar-refractivity contribution in [2.45, 2.75) is 25.7 Å². The molecule has 1 amide bonds. The first kappa shape index (κ1) is 22.5. The van der Waals surface area contributed by atoms with Gasteiger partial charge in [0, 0.05) is 49.7 Å². The highest BCUT2D eigenvalue weighted by molar-refractivity contribution is 5.95. The number of amides is 1. The summed E-state index contributed by atoms with van der Waals surface area (Å²) in [4.78, 5) is 21.0. The molecule has 5 rings (SSSR count). The molecule has 34 heavy (non-hydrogen) atoms. The van der Waals surface area contributed by atoms with E-state index in [0.717, 1.165) is 63.3 Å². The van der Waals surface area contributed by atoms with Crippen LogP contribution < -0.4 is 19.7 Å². The van der Waals surface area contributed by atoms with Gasteiger partial charge in [0.05, 0.1) is 13.7 Å². The van der Waals surface area contributed by atoms with E-state index in [2.05, 4.69) is 50.4 Å². The second kappa shape index (κ2) is 10.3. The first-order valence-corrected chi connectivity index (χ1v) is 12.2. The maximum Gasteiger partial charge on any atom is 0.225 e. The zero-order valence-electron chi connectivity index (χ0n) is 19.8. The minimum absolute atomic E-state index is 0.0254. The molecule has 0 saturated carbocycles. The smallest absolute Gasteiger partial charge is 0.225 e. The highest BCUT2D eigenvalue weighted by Gasteiger charge is 2.19. The van der Waals surface area contributed by atoms with Crippen molar-refractivity contribution < 1.29 is 14.3 Å². The predicted molar refractivity (Wildman–Crippen MR) is 135 cm³/mol. The molecule has 2 aliphatic rings. The normalized spacial score (nSPS) is 16.3. The lowest BCUT2D eigenvalue weighted by atomic mass is 10.1. The maximum atomic E-state index is 11.6. The van der Waals surface area contributed by atoms with Crippen LogP contribution in [0.25, 0.3) is 10.8 Å². The van der Waals surface area contributed by atoms with Gasteiger partial charge in [-0.3, -0.25) is 9.69 Å². The number of aromatic nitrogens is 1. The van der Waals surface area contributed by atoms with Crippen LogP contribution in [0.3, 0.4) is 0 Å². The lowest BCUT2D eigenvalue weighted by molar-refractivity contribution is -0.116. The Kier molecular flexibility index (Phi) is 6.81. The average Bonchev–Trinajstić information content (AvgIpc) is 2.88. The van der Waals surface area contributed by atoms with Crippen molar-refractivity contribution in [2.75, 3.05) is 56.7 Å². The largest absolute Gasteiger partial charge is 0.497 e. The van der Waals surface area contributed by atoms with Crippen molar-refractivity contribution in [3.05, 3.63) is 54.1 Å². The number of pyridine rings is 1. The fraction of sp³-hybridized carbons (Fsp3) is 0.407. The van der Waals surface area contributed by atoms with E-state index in [0.29, 0.717) is 24.7 Å². The number of benzene rings is 2. The van der Waals surface area contributed by atoms with E-state index >= 15 is 0 Å². The van der Waals surface area contributed by atoms with Crippen molar-refractivity contribution in [1.29, 1.82) is 0 Å². The molecule has 1 saturated heterocycles. The highest BCUT2D eigenvalue weighted by Crippen LogP contribution is 2.31. The van der Waals surface area contributed by atoms with Crippen LogP contribution in [0.15, 0.2) is 48.5 Å². The lowest BCUT2D eigenvalue weighted by Gasteiger charge is -2.36. The van der Waals surface area contributed by atoms with Crippen LogP contribution in [0, 0.1) is 0 Å². The van der Waals surface area contributed by atoms with E-state index in [4.69, 9.17) is 9.47 Å². The van der Waals surface area contributed by atoms with E-state index in [1.54, 1.807) is 7.11 Å². The summed E-state index contributed by atoms with van der Waals surface area (Å²) in [5.74, 6) is 2.16. The number of hydrogen-bond acceptors (Lipinski definition) is 6. The van der Waals surface area contributed by atoms with Crippen molar-refractivity contribution in [1.82, 2.24) is 9.88 Å². The van der Waals surface area contributed by atoms with Crippen LogP contribution in [0.2, 0.25) is 0 Å². The Morgan fingerprint density at radius 3 is 2.74 bits per heavy atom. The van der Waals surface area contributed by atoms with Gasteiger partial charge in [-0.15, -0.1) is 0 Å².